The third-order valence-corrected chi connectivity index (χ3v) is 2.49. The maximum atomic E-state index is 7.58. The van der Waals surface area contributed by atoms with Crippen LogP contribution in [0.5, 0.6) is 0 Å². The zero-order valence-electron chi connectivity index (χ0n) is 8.20. The van der Waals surface area contributed by atoms with E-state index in [2.05, 4.69) is 19.9 Å². The average Bonchev–Trinajstić information content (AvgIpc) is 2.05. The number of nitrogens with one attached hydrogen (secondary N) is 1. The molecule has 0 atom stereocenters. The first-order valence-corrected chi connectivity index (χ1v) is 4.60. The van der Waals surface area contributed by atoms with Crippen LogP contribution in [0.25, 0.3) is 0 Å². The molecule has 12 heavy (non-hydrogen) atoms. The minimum absolute atomic E-state index is 0.707. The average molecular weight is 163 g/mol. The Hall–Kier alpha value is -0.850. The summed E-state index contributed by atoms with van der Waals surface area (Å²) in [5.41, 5.74) is 4.73. The molecule has 1 N–H and O–H groups in total. The van der Waals surface area contributed by atoms with Crippen LogP contribution < -0.4 is 0 Å². The van der Waals surface area contributed by atoms with Crippen LogP contribution in [0.15, 0.2) is 22.8 Å². The zero-order valence-corrected chi connectivity index (χ0v) is 8.20. The fourth-order valence-corrected chi connectivity index (χ4v) is 1.59. The summed E-state index contributed by atoms with van der Waals surface area (Å²) in [7, 11) is 0. The van der Waals surface area contributed by atoms with Crippen LogP contribution in [0.1, 0.15) is 40.0 Å². The van der Waals surface area contributed by atoms with Crippen molar-refractivity contribution in [2.75, 3.05) is 0 Å². The maximum absolute atomic E-state index is 7.58. The van der Waals surface area contributed by atoms with E-state index < -0.39 is 0 Å². The quantitative estimate of drug-likeness (QED) is 0.603. The Labute approximate surface area is 74.7 Å². The minimum Gasteiger partial charge on any atom is -0.305 e. The van der Waals surface area contributed by atoms with Gasteiger partial charge in [0.2, 0.25) is 0 Å². The summed E-state index contributed by atoms with van der Waals surface area (Å²) in [6.07, 6.45) is 5.66. The normalized spacial score (nSPS) is 17.8. The summed E-state index contributed by atoms with van der Waals surface area (Å²) in [6.45, 7) is 6.19. The van der Waals surface area contributed by atoms with Gasteiger partial charge in [-0.15, -0.1) is 0 Å². The molecule has 0 unspecified atom stereocenters. The predicted molar refractivity (Wildman–Crippen MR) is 53.7 cm³/mol. The fraction of sp³-hybridized carbons (Fsp3) is 0.545. The molecule has 0 radical (unpaired) electrons. The van der Waals surface area contributed by atoms with Gasteiger partial charge in [-0.3, -0.25) is 0 Å². The summed E-state index contributed by atoms with van der Waals surface area (Å²) in [4.78, 5) is 0. The van der Waals surface area contributed by atoms with Crippen molar-refractivity contribution in [2.45, 2.75) is 40.0 Å². The molecule has 1 heteroatoms. The van der Waals surface area contributed by atoms with Gasteiger partial charge in [-0.25, -0.2) is 0 Å². The lowest BCUT2D eigenvalue weighted by Crippen LogP contribution is -2.03. The number of hydrogen-bond acceptors (Lipinski definition) is 1. The summed E-state index contributed by atoms with van der Waals surface area (Å²) in [6, 6.07) is 0. The molecule has 1 aliphatic carbocycles. The Bertz CT molecular complexity index is 256. The predicted octanol–water partition coefficient (Wildman–Crippen LogP) is 3.47. The van der Waals surface area contributed by atoms with Crippen LogP contribution in [0.4, 0.5) is 0 Å². The molecular weight excluding hydrogens is 146 g/mol. The smallest absolute Gasteiger partial charge is 0.0354 e. The second kappa shape index (κ2) is 3.70. The van der Waals surface area contributed by atoms with E-state index in [0.29, 0.717) is 5.71 Å². The molecule has 0 aromatic carbocycles. The van der Waals surface area contributed by atoms with E-state index in [1.165, 1.54) is 17.6 Å². The lowest BCUT2D eigenvalue weighted by atomic mass is 9.90. The molecule has 0 bridgehead atoms. The van der Waals surface area contributed by atoms with Crippen molar-refractivity contribution in [3.8, 4) is 0 Å². The molecule has 0 saturated carbocycles. The monoisotopic (exact) mass is 163 g/mol. The minimum atomic E-state index is 0.707. The summed E-state index contributed by atoms with van der Waals surface area (Å²) >= 11 is 0. The van der Waals surface area contributed by atoms with Gasteiger partial charge in [0, 0.05) is 5.71 Å². The molecule has 0 aromatic rings. The molecule has 1 rings (SSSR count). The highest BCUT2D eigenvalue weighted by Crippen LogP contribution is 2.25. The van der Waals surface area contributed by atoms with Gasteiger partial charge in [0.15, 0.2) is 0 Å². The molecular formula is C11H17N. The Morgan fingerprint density at radius 3 is 2.67 bits per heavy atom. The van der Waals surface area contributed by atoms with Gasteiger partial charge in [-0.1, -0.05) is 24.1 Å². The maximum Gasteiger partial charge on any atom is 0.0354 e. The highest BCUT2D eigenvalue weighted by atomic mass is 14.4. The van der Waals surface area contributed by atoms with Crippen LogP contribution in [0.3, 0.4) is 0 Å². The van der Waals surface area contributed by atoms with E-state index in [1.54, 1.807) is 0 Å². The molecule has 0 spiro atoms. The molecule has 1 aliphatic rings. The van der Waals surface area contributed by atoms with Crippen LogP contribution in [-0.4, -0.2) is 5.71 Å². The fourth-order valence-electron chi connectivity index (χ4n) is 1.59. The Balaban J connectivity index is 2.94. The van der Waals surface area contributed by atoms with Crippen LogP contribution in [0.2, 0.25) is 0 Å². The van der Waals surface area contributed by atoms with E-state index in [-0.39, 0.29) is 0 Å². The Morgan fingerprint density at radius 1 is 1.50 bits per heavy atom. The van der Waals surface area contributed by atoms with Crippen molar-refractivity contribution in [2.24, 2.45) is 0 Å². The molecule has 66 valence electrons. The van der Waals surface area contributed by atoms with Crippen molar-refractivity contribution in [3.63, 3.8) is 0 Å². The molecule has 0 aromatic heterocycles. The highest BCUT2D eigenvalue weighted by molar-refractivity contribution is 5.99. The second-order valence-corrected chi connectivity index (χ2v) is 3.48. The Kier molecular flexibility index (Phi) is 2.85. The standard InChI is InChI=1S/C11H17N/c1-4-10-6-5-8(2)11(7-10)9(3)12/h7,12H,4-6H2,1-3H3. The molecule has 0 saturated heterocycles. The first-order chi connectivity index (χ1) is 5.65. The number of allylic oxidation sites excluding steroid dienone is 4. The van der Waals surface area contributed by atoms with Crippen molar-refractivity contribution in [1.82, 2.24) is 0 Å². The van der Waals surface area contributed by atoms with Crippen LogP contribution in [0, 0.1) is 5.41 Å². The van der Waals surface area contributed by atoms with E-state index in [9.17, 15) is 0 Å². The lowest BCUT2D eigenvalue weighted by molar-refractivity contribution is 0.850. The van der Waals surface area contributed by atoms with E-state index >= 15 is 0 Å². The number of rotatable bonds is 2. The third kappa shape index (κ3) is 1.84. The largest absolute Gasteiger partial charge is 0.305 e. The lowest BCUT2D eigenvalue weighted by Gasteiger charge is -2.16. The van der Waals surface area contributed by atoms with Gasteiger partial charge in [-0.05, 0) is 38.7 Å². The van der Waals surface area contributed by atoms with Gasteiger partial charge < -0.3 is 5.41 Å². The molecule has 0 fully saturated rings. The van der Waals surface area contributed by atoms with Crippen molar-refractivity contribution in [1.29, 1.82) is 5.41 Å². The van der Waals surface area contributed by atoms with E-state index in [4.69, 9.17) is 5.41 Å². The van der Waals surface area contributed by atoms with Gasteiger partial charge in [0.1, 0.15) is 0 Å². The van der Waals surface area contributed by atoms with Gasteiger partial charge in [-0.2, -0.15) is 0 Å². The summed E-state index contributed by atoms with van der Waals surface area (Å²) in [5.74, 6) is 0. The van der Waals surface area contributed by atoms with E-state index in [0.717, 1.165) is 18.4 Å². The van der Waals surface area contributed by atoms with Crippen LogP contribution in [-0.2, 0) is 0 Å². The molecule has 0 amide bonds. The second-order valence-electron chi connectivity index (χ2n) is 3.48. The molecule has 0 aliphatic heterocycles. The van der Waals surface area contributed by atoms with Crippen molar-refractivity contribution < 1.29 is 0 Å². The first kappa shape index (κ1) is 9.24. The Morgan fingerprint density at radius 2 is 2.17 bits per heavy atom. The van der Waals surface area contributed by atoms with Gasteiger partial charge >= 0.3 is 0 Å². The first-order valence-electron chi connectivity index (χ1n) is 4.60. The molecule has 0 heterocycles. The number of hydrogen-bond donors (Lipinski definition) is 1. The summed E-state index contributed by atoms with van der Waals surface area (Å²) in [5, 5.41) is 7.58. The van der Waals surface area contributed by atoms with Crippen molar-refractivity contribution >= 4 is 5.71 Å². The van der Waals surface area contributed by atoms with Gasteiger partial charge in [0.25, 0.3) is 0 Å². The third-order valence-electron chi connectivity index (χ3n) is 2.49. The summed E-state index contributed by atoms with van der Waals surface area (Å²) < 4.78 is 0. The molecule has 1 nitrogen and oxygen atoms in total. The van der Waals surface area contributed by atoms with Crippen molar-refractivity contribution in [3.05, 3.63) is 22.8 Å². The van der Waals surface area contributed by atoms with E-state index in [1.807, 2.05) is 6.92 Å². The SMILES string of the molecule is CCC1=CC(C(C)=N)=C(C)CC1. The highest BCUT2D eigenvalue weighted by Gasteiger charge is 2.09. The zero-order chi connectivity index (χ0) is 9.14. The topological polar surface area (TPSA) is 23.9 Å². The van der Waals surface area contributed by atoms with Crippen LogP contribution >= 0.6 is 0 Å². The van der Waals surface area contributed by atoms with Gasteiger partial charge in [0.05, 0.1) is 0 Å².